The van der Waals surface area contributed by atoms with E-state index >= 15 is 0 Å². The van der Waals surface area contributed by atoms with Gasteiger partial charge < -0.3 is 9.42 Å². The first kappa shape index (κ1) is 20.7. The zero-order valence-corrected chi connectivity index (χ0v) is 20.1. The van der Waals surface area contributed by atoms with Crippen molar-refractivity contribution in [1.29, 1.82) is 0 Å². The monoisotopic (exact) mass is 443 g/mol. The number of piperidine rings is 1. The number of likely N-dealkylation sites (tertiary alicyclic amines) is 1. The molecule has 162 valence electrons. The van der Waals surface area contributed by atoms with Gasteiger partial charge in [0.05, 0.1) is 22.8 Å². The summed E-state index contributed by atoms with van der Waals surface area (Å²) in [4.78, 5) is 2.63. The Bertz CT molecular complexity index is 898. The van der Waals surface area contributed by atoms with Crippen LogP contribution in [0.15, 0.2) is 46.4 Å². The van der Waals surface area contributed by atoms with Crippen molar-refractivity contribution >= 4 is 29.6 Å². The number of allylic oxidation sites excluding steroid dienone is 2. The summed E-state index contributed by atoms with van der Waals surface area (Å²) >= 11 is 6.54. The second-order valence-corrected chi connectivity index (χ2v) is 13.6. The molecule has 2 heterocycles. The molecule has 2 aliphatic heterocycles. The van der Waals surface area contributed by atoms with Crippen LogP contribution in [0, 0.1) is 5.41 Å². The van der Waals surface area contributed by atoms with Crippen molar-refractivity contribution in [3.63, 3.8) is 0 Å². The molecule has 0 aromatic heterocycles. The standard InChI is InChI=1S/C24H34N3OPS/c1-24(2)17-21-23(22(18-24)26-15-9-4-10-16-26)29(30,28-20-13-7-8-14-20)27(25-21)19-11-5-3-6-12-19/h3,5-6,11-12,20H,4,7-10,13-18H2,1-2H3. The number of nitrogens with zero attached hydrogens (tertiary/aromatic N) is 3. The molecule has 2 aliphatic carbocycles. The Hall–Kier alpha value is -1.16. The highest BCUT2D eigenvalue weighted by atomic mass is 32.4. The normalized spacial score (nSPS) is 29.3. The maximum atomic E-state index is 6.94. The Labute approximate surface area is 186 Å². The zero-order valence-electron chi connectivity index (χ0n) is 18.3. The first-order valence-electron chi connectivity index (χ1n) is 11.7. The Kier molecular flexibility index (Phi) is 5.58. The molecule has 6 heteroatoms. The van der Waals surface area contributed by atoms with Crippen molar-refractivity contribution in [3.8, 4) is 0 Å². The summed E-state index contributed by atoms with van der Waals surface area (Å²) in [6.07, 6.45) is 8.55. The Morgan fingerprint density at radius 1 is 1.00 bits per heavy atom. The lowest BCUT2D eigenvalue weighted by atomic mass is 9.78. The van der Waals surface area contributed by atoms with Crippen LogP contribution < -0.4 is 4.78 Å². The van der Waals surface area contributed by atoms with E-state index in [0.29, 0.717) is 0 Å². The number of hydrogen-bond acceptors (Lipinski definition) is 4. The fourth-order valence-corrected chi connectivity index (χ4v) is 9.52. The van der Waals surface area contributed by atoms with E-state index in [2.05, 4.69) is 53.9 Å². The minimum Gasteiger partial charge on any atom is -0.374 e. The van der Waals surface area contributed by atoms with Gasteiger partial charge in [0.1, 0.15) is 0 Å². The van der Waals surface area contributed by atoms with Crippen molar-refractivity contribution in [1.82, 2.24) is 4.90 Å². The van der Waals surface area contributed by atoms with E-state index < -0.39 is 6.42 Å². The van der Waals surface area contributed by atoms with Crippen molar-refractivity contribution in [2.75, 3.05) is 17.9 Å². The van der Waals surface area contributed by atoms with E-state index in [1.54, 1.807) is 0 Å². The Balaban J connectivity index is 1.64. The average Bonchev–Trinajstić information content (AvgIpc) is 3.34. The van der Waals surface area contributed by atoms with E-state index in [-0.39, 0.29) is 11.5 Å². The summed E-state index contributed by atoms with van der Waals surface area (Å²) in [5, 5.41) is 6.50. The maximum absolute atomic E-state index is 6.94. The molecular weight excluding hydrogens is 409 g/mol. The largest absolute Gasteiger partial charge is 0.374 e. The predicted octanol–water partition coefficient (Wildman–Crippen LogP) is 6.65. The summed E-state index contributed by atoms with van der Waals surface area (Å²) in [5.74, 6) is 0. The second-order valence-electron chi connectivity index (χ2n) is 10.1. The number of anilines is 1. The average molecular weight is 444 g/mol. The van der Waals surface area contributed by atoms with Gasteiger partial charge in [-0.05, 0) is 74.3 Å². The van der Waals surface area contributed by atoms with Gasteiger partial charge in [-0.2, -0.15) is 5.10 Å². The number of rotatable bonds is 4. The van der Waals surface area contributed by atoms with Crippen LogP contribution in [-0.2, 0) is 16.3 Å². The van der Waals surface area contributed by atoms with Crippen LogP contribution in [0.4, 0.5) is 5.69 Å². The lowest BCUT2D eigenvalue weighted by Crippen LogP contribution is -2.36. The third kappa shape index (κ3) is 3.78. The second kappa shape index (κ2) is 8.07. The van der Waals surface area contributed by atoms with Crippen LogP contribution >= 0.6 is 6.42 Å². The molecule has 1 unspecified atom stereocenters. The quantitative estimate of drug-likeness (QED) is 0.487. The molecule has 5 rings (SSSR count). The highest BCUT2D eigenvalue weighted by Crippen LogP contribution is 2.69. The summed E-state index contributed by atoms with van der Waals surface area (Å²) in [6, 6.07) is 10.5. The van der Waals surface area contributed by atoms with Gasteiger partial charge in [0.2, 0.25) is 6.42 Å². The van der Waals surface area contributed by atoms with Crippen LogP contribution in [0.2, 0.25) is 0 Å². The summed E-state index contributed by atoms with van der Waals surface area (Å²) in [5.41, 5.74) is 3.92. The topological polar surface area (TPSA) is 28.1 Å². The van der Waals surface area contributed by atoms with Crippen LogP contribution in [0.5, 0.6) is 0 Å². The van der Waals surface area contributed by atoms with Crippen molar-refractivity contribution in [2.24, 2.45) is 10.5 Å². The highest BCUT2D eigenvalue weighted by Gasteiger charge is 2.49. The lowest BCUT2D eigenvalue weighted by Gasteiger charge is -2.41. The fourth-order valence-electron chi connectivity index (χ4n) is 5.47. The minimum absolute atomic E-state index is 0.204. The summed E-state index contributed by atoms with van der Waals surface area (Å²) < 4.78 is 9.06. The molecule has 1 aromatic carbocycles. The molecule has 1 saturated heterocycles. The number of hydrogen-bond donors (Lipinski definition) is 0. The van der Waals surface area contributed by atoms with Gasteiger partial charge in [-0.3, -0.25) is 0 Å². The molecule has 1 aromatic rings. The molecular formula is C24H34N3OPS. The van der Waals surface area contributed by atoms with Gasteiger partial charge in [-0.1, -0.05) is 44.9 Å². The molecule has 1 saturated carbocycles. The van der Waals surface area contributed by atoms with Crippen LogP contribution in [-0.4, -0.2) is 29.8 Å². The molecule has 0 bridgehead atoms. The minimum atomic E-state index is -2.46. The van der Waals surface area contributed by atoms with Gasteiger partial charge in [0, 0.05) is 18.8 Å². The van der Waals surface area contributed by atoms with Crippen molar-refractivity contribution < 1.29 is 4.52 Å². The van der Waals surface area contributed by atoms with E-state index in [4.69, 9.17) is 21.4 Å². The molecule has 2 fully saturated rings. The van der Waals surface area contributed by atoms with Gasteiger partial charge in [-0.25, -0.2) is 4.78 Å². The smallest absolute Gasteiger partial charge is 0.210 e. The van der Waals surface area contributed by atoms with Crippen LogP contribution in [0.1, 0.15) is 71.6 Å². The number of fused-ring (bicyclic) bond motifs is 1. The molecule has 4 aliphatic rings. The molecule has 30 heavy (non-hydrogen) atoms. The highest BCUT2D eigenvalue weighted by molar-refractivity contribution is 8.15. The van der Waals surface area contributed by atoms with E-state index in [1.165, 1.54) is 48.8 Å². The van der Waals surface area contributed by atoms with E-state index in [0.717, 1.165) is 44.5 Å². The maximum Gasteiger partial charge on any atom is 0.210 e. The predicted molar refractivity (Wildman–Crippen MR) is 129 cm³/mol. The molecule has 4 nitrogen and oxygen atoms in total. The number of hydrazone groups is 1. The molecule has 1 atom stereocenters. The molecule has 0 radical (unpaired) electrons. The fraction of sp³-hybridized carbons (Fsp3) is 0.625. The van der Waals surface area contributed by atoms with Crippen LogP contribution in [0.3, 0.4) is 0 Å². The third-order valence-corrected chi connectivity index (χ3v) is 10.7. The van der Waals surface area contributed by atoms with Gasteiger partial charge in [-0.15, -0.1) is 0 Å². The van der Waals surface area contributed by atoms with Gasteiger partial charge >= 0.3 is 0 Å². The summed E-state index contributed by atoms with van der Waals surface area (Å²) in [7, 11) is 0. The SMILES string of the molecule is CC1(C)CC2=NN(c3ccccc3)P(=S)(OC3CCCC3)C2=C(N2CCCCC2)C1. The van der Waals surface area contributed by atoms with E-state index in [1.807, 2.05) is 0 Å². The van der Waals surface area contributed by atoms with Crippen molar-refractivity contribution in [2.45, 2.75) is 77.7 Å². The van der Waals surface area contributed by atoms with Gasteiger partial charge in [0.15, 0.2) is 0 Å². The molecule has 0 amide bonds. The lowest BCUT2D eigenvalue weighted by molar-refractivity contribution is 0.229. The number of benzene rings is 1. The summed E-state index contributed by atoms with van der Waals surface area (Å²) in [6.45, 7) is 7.05. The Morgan fingerprint density at radius 2 is 1.70 bits per heavy atom. The zero-order chi connectivity index (χ0) is 20.8. The van der Waals surface area contributed by atoms with Crippen LogP contribution in [0.25, 0.3) is 0 Å². The van der Waals surface area contributed by atoms with E-state index in [9.17, 15) is 0 Å². The number of para-hydroxylation sites is 1. The van der Waals surface area contributed by atoms with Crippen molar-refractivity contribution in [3.05, 3.63) is 41.3 Å². The first-order valence-corrected chi connectivity index (χ1v) is 14.3. The third-order valence-electron chi connectivity index (χ3n) is 6.91. The molecule has 0 N–H and O–H groups in total. The first-order chi connectivity index (χ1) is 14.5. The van der Waals surface area contributed by atoms with Gasteiger partial charge in [0.25, 0.3) is 0 Å². The molecule has 0 spiro atoms. The Morgan fingerprint density at radius 3 is 2.40 bits per heavy atom.